The topological polar surface area (TPSA) is 72.5 Å². The number of carbonyl (C=O) groups is 1. The molecule has 2 aromatic carbocycles. The summed E-state index contributed by atoms with van der Waals surface area (Å²) in [6, 6.07) is 9.40. The van der Waals surface area contributed by atoms with Gasteiger partial charge in [-0.1, -0.05) is 17.7 Å². The molecular weight excluding hydrogens is 386 g/mol. The van der Waals surface area contributed by atoms with E-state index in [0.29, 0.717) is 30.1 Å². The number of benzene rings is 2. The minimum absolute atomic E-state index is 0.0171. The van der Waals surface area contributed by atoms with Crippen LogP contribution in [0.2, 0.25) is 0 Å². The second-order valence-electron chi connectivity index (χ2n) is 8.39. The van der Waals surface area contributed by atoms with Crippen LogP contribution in [0.25, 0.3) is 0 Å². The van der Waals surface area contributed by atoms with Crippen LogP contribution in [0.5, 0.6) is 5.75 Å². The standard InChI is InChI=1S/C23H29NO4S/c1-15-12-16(2)21(17(3)13-15)29(26,27)11-7-6-10-28-18-8-9-20-19(14-18)23(4,5)22(25)24-20/h8-9,12-14H,6-7,10-11H2,1-5H3,(H,24,25). The number of ether oxygens (including phenoxy) is 1. The molecule has 1 N–H and O–H groups in total. The maximum Gasteiger partial charge on any atom is 0.234 e. The average molecular weight is 416 g/mol. The Balaban J connectivity index is 1.56. The van der Waals surface area contributed by atoms with Gasteiger partial charge in [0, 0.05) is 5.69 Å². The van der Waals surface area contributed by atoms with Gasteiger partial charge in [0.25, 0.3) is 0 Å². The van der Waals surface area contributed by atoms with E-state index in [4.69, 9.17) is 4.74 Å². The summed E-state index contributed by atoms with van der Waals surface area (Å²) >= 11 is 0. The van der Waals surface area contributed by atoms with Crippen molar-refractivity contribution in [3.05, 3.63) is 52.6 Å². The molecule has 29 heavy (non-hydrogen) atoms. The zero-order valence-corrected chi connectivity index (χ0v) is 18.6. The van der Waals surface area contributed by atoms with E-state index in [-0.39, 0.29) is 11.7 Å². The summed E-state index contributed by atoms with van der Waals surface area (Å²) in [5.74, 6) is 0.787. The number of aryl methyl sites for hydroxylation is 3. The van der Waals surface area contributed by atoms with Gasteiger partial charge in [-0.15, -0.1) is 0 Å². The molecular formula is C23H29NO4S. The predicted molar refractivity (Wildman–Crippen MR) is 116 cm³/mol. The molecule has 1 amide bonds. The number of unbranched alkanes of at least 4 members (excludes halogenated alkanes) is 1. The van der Waals surface area contributed by atoms with Crippen molar-refractivity contribution in [1.29, 1.82) is 0 Å². The SMILES string of the molecule is Cc1cc(C)c(S(=O)(=O)CCCCOc2ccc3c(c2)C(C)(C)C(=O)N3)c(C)c1. The molecule has 2 aromatic rings. The van der Waals surface area contributed by atoms with Crippen LogP contribution in [0, 0.1) is 20.8 Å². The molecule has 3 rings (SSSR count). The zero-order valence-electron chi connectivity index (χ0n) is 17.8. The molecule has 1 aliphatic rings. The molecule has 0 atom stereocenters. The van der Waals surface area contributed by atoms with Crippen molar-refractivity contribution in [2.75, 3.05) is 17.7 Å². The van der Waals surface area contributed by atoms with Crippen molar-refractivity contribution >= 4 is 21.4 Å². The van der Waals surface area contributed by atoms with Crippen LogP contribution >= 0.6 is 0 Å². The molecule has 1 aliphatic heterocycles. The highest BCUT2D eigenvalue weighted by Crippen LogP contribution is 2.39. The van der Waals surface area contributed by atoms with Crippen LogP contribution < -0.4 is 10.1 Å². The lowest BCUT2D eigenvalue weighted by Gasteiger charge is -2.16. The monoisotopic (exact) mass is 415 g/mol. The van der Waals surface area contributed by atoms with Crippen LogP contribution in [-0.2, 0) is 20.0 Å². The largest absolute Gasteiger partial charge is 0.494 e. The number of hydrogen-bond acceptors (Lipinski definition) is 4. The molecule has 0 radical (unpaired) electrons. The van der Waals surface area contributed by atoms with Crippen molar-refractivity contribution < 1.29 is 17.9 Å². The van der Waals surface area contributed by atoms with E-state index in [1.807, 2.05) is 65.0 Å². The second-order valence-corrected chi connectivity index (χ2v) is 10.4. The molecule has 0 saturated carbocycles. The highest BCUT2D eigenvalue weighted by atomic mass is 32.2. The first-order valence-electron chi connectivity index (χ1n) is 9.92. The first-order chi connectivity index (χ1) is 13.5. The maximum atomic E-state index is 12.8. The van der Waals surface area contributed by atoms with Gasteiger partial charge in [0.1, 0.15) is 5.75 Å². The highest BCUT2D eigenvalue weighted by Gasteiger charge is 2.38. The minimum Gasteiger partial charge on any atom is -0.494 e. The Morgan fingerprint density at radius 2 is 1.66 bits per heavy atom. The van der Waals surface area contributed by atoms with Crippen molar-refractivity contribution in [1.82, 2.24) is 0 Å². The number of rotatable bonds is 7. The van der Waals surface area contributed by atoms with Gasteiger partial charge in [-0.3, -0.25) is 4.79 Å². The molecule has 0 bridgehead atoms. The van der Waals surface area contributed by atoms with Gasteiger partial charge in [0.05, 0.1) is 22.7 Å². The lowest BCUT2D eigenvalue weighted by Crippen LogP contribution is -2.26. The number of fused-ring (bicyclic) bond motifs is 1. The number of hydrogen-bond donors (Lipinski definition) is 1. The number of amides is 1. The fraction of sp³-hybridized carbons (Fsp3) is 0.435. The van der Waals surface area contributed by atoms with Crippen LogP contribution in [0.1, 0.15) is 48.9 Å². The highest BCUT2D eigenvalue weighted by molar-refractivity contribution is 7.91. The van der Waals surface area contributed by atoms with E-state index in [9.17, 15) is 13.2 Å². The lowest BCUT2D eigenvalue weighted by atomic mass is 9.86. The summed E-state index contributed by atoms with van der Waals surface area (Å²) in [5.41, 5.74) is 3.86. The first kappa shape index (κ1) is 21.4. The molecule has 156 valence electrons. The van der Waals surface area contributed by atoms with Crippen molar-refractivity contribution in [3.8, 4) is 5.75 Å². The molecule has 0 saturated heterocycles. The van der Waals surface area contributed by atoms with Gasteiger partial charge in [0.15, 0.2) is 9.84 Å². The van der Waals surface area contributed by atoms with Gasteiger partial charge in [-0.25, -0.2) is 8.42 Å². The van der Waals surface area contributed by atoms with Gasteiger partial charge in [0.2, 0.25) is 5.91 Å². The van der Waals surface area contributed by atoms with E-state index in [2.05, 4.69) is 5.32 Å². The Morgan fingerprint density at radius 1 is 1.00 bits per heavy atom. The fourth-order valence-electron chi connectivity index (χ4n) is 3.98. The predicted octanol–water partition coefficient (Wildman–Crippen LogP) is 4.47. The van der Waals surface area contributed by atoms with Gasteiger partial charge in [-0.2, -0.15) is 0 Å². The van der Waals surface area contributed by atoms with E-state index < -0.39 is 15.3 Å². The lowest BCUT2D eigenvalue weighted by molar-refractivity contribution is -0.119. The smallest absolute Gasteiger partial charge is 0.234 e. The van der Waals surface area contributed by atoms with Crippen molar-refractivity contribution in [2.24, 2.45) is 0 Å². The zero-order chi connectivity index (χ0) is 21.4. The molecule has 0 aliphatic carbocycles. The maximum absolute atomic E-state index is 12.8. The molecule has 0 spiro atoms. The summed E-state index contributed by atoms with van der Waals surface area (Å²) in [6.07, 6.45) is 1.17. The second kappa shape index (κ2) is 7.82. The van der Waals surface area contributed by atoms with Gasteiger partial charge in [-0.05, 0) is 82.3 Å². The normalized spacial score (nSPS) is 15.1. The van der Waals surface area contributed by atoms with Gasteiger partial charge < -0.3 is 10.1 Å². The Labute approximate surface area is 173 Å². The van der Waals surface area contributed by atoms with Crippen LogP contribution in [0.3, 0.4) is 0 Å². The van der Waals surface area contributed by atoms with Crippen LogP contribution in [0.15, 0.2) is 35.2 Å². The Hall–Kier alpha value is -2.34. The minimum atomic E-state index is -3.31. The third-order valence-electron chi connectivity index (χ3n) is 5.47. The number of anilines is 1. The number of sulfone groups is 1. The summed E-state index contributed by atoms with van der Waals surface area (Å²) in [4.78, 5) is 12.5. The first-order valence-corrected chi connectivity index (χ1v) is 11.6. The fourth-order valence-corrected chi connectivity index (χ4v) is 5.87. The summed E-state index contributed by atoms with van der Waals surface area (Å²) in [7, 11) is -3.31. The van der Waals surface area contributed by atoms with E-state index in [1.54, 1.807) is 0 Å². The number of carbonyl (C=O) groups excluding carboxylic acids is 1. The molecule has 6 heteroatoms. The molecule has 0 aromatic heterocycles. The van der Waals surface area contributed by atoms with E-state index in [1.165, 1.54) is 0 Å². The van der Waals surface area contributed by atoms with Crippen LogP contribution in [-0.4, -0.2) is 26.7 Å². The average Bonchev–Trinajstić information content (AvgIpc) is 2.82. The Morgan fingerprint density at radius 3 is 2.31 bits per heavy atom. The summed E-state index contributed by atoms with van der Waals surface area (Å²) < 4.78 is 31.3. The van der Waals surface area contributed by atoms with Gasteiger partial charge >= 0.3 is 0 Å². The van der Waals surface area contributed by atoms with Crippen molar-refractivity contribution in [3.63, 3.8) is 0 Å². The molecule has 1 heterocycles. The Bertz CT molecular complexity index is 1030. The summed E-state index contributed by atoms with van der Waals surface area (Å²) in [6.45, 7) is 9.88. The van der Waals surface area contributed by atoms with E-state index >= 15 is 0 Å². The third-order valence-corrected chi connectivity index (χ3v) is 7.56. The molecule has 5 nitrogen and oxygen atoms in total. The molecule has 0 fully saturated rings. The van der Waals surface area contributed by atoms with Crippen molar-refractivity contribution in [2.45, 2.75) is 57.8 Å². The molecule has 0 unspecified atom stereocenters. The quantitative estimate of drug-likeness (QED) is 0.677. The third kappa shape index (κ3) is 4.32. The van der Waals surface area contributed by atoms with Crippen LogP contribution in [0.4, 0.5) is 5.69 Å². The summed E-state index contributed by atoms with van der Waals surface area (Å²) in [5, 5.41) is 2.87. The Kier molecular flexibility index (Phi) is 5.77. The number of nitrogens with one attached hydrogen (secondary N) is 1. The van der Waals surface area contributed by atoms with E-state index in [0.717, 1.165) is 27.9 Å².